The van der Waals surface area contributed by atoms with E-state index in [-0.39, 0.29) is 12.0 Å². The van der Waals surface area contributed by atoms with Crippen molar-refractivity contribution in [2.45, 2.75) is 13.8 Å². The first-order valence-electron chi connectivity index (χ1n) is 4.46. The van der Waals surface area contributed by atoms with E-state index in [2.05, 4.69) is 15.3 Å². The van der Waals surface area contributed by atoms with E-state index < -0.39 is 0 Å². The topological polar surface area (TPSA) is 84.1 Å². The molecule has 78 valence electrons. The van der Waals surface area contributed by atoms with Crippen LogP contribution in [0.25, 0.3) is 0 Å². The van der Waals surface area contributed by atoms with Gasteiger partial charge in [0.2, 0.25) is 0 Å². The molecule has 1 rings (SSSR count). The molecule has 0 spiro atoms. The normalized spacial score (nSPS) is 11.4. The smallest absolute Gasteiger partial charge is 0.146 e. The first-order chi connectivity index (χ1) is 6.53. The van der Waals surface area contributed by atoms with Crippen molar-refractivity contribution in [3.8, 4) is 0 Å². The number of aliphatic hydroxyl groups excluding tert-OH is 1. The molecule has 1 aromatic rings. The minimum Gasteiger partial charge on any atom is -0.396 e. The fraction of sp³-hybridized carbons (Fsp3) is 0.556. The number of nitrogens with two attached hydrogens (primary N) is 1. The highest BCUT2D eigenvalue weighted by Crippen LogP contribution is 2.14. The molecule has 0 fully saturated rings. The molecule has 0 saturated carbocycles. The number of anilines is 2. The van der Waals surface area contributed by atoms with Gasteiger partial charge >= 0.3 is 0 Å². The van der Waals surface area contributed by atoms with Gasteiger partial charge in [0, 0.05) is 18.6 Å². The fourth-order valence-corrected chi connectivity index (χ4v) is 0.852. The van der Waals surface area contributed by atoms with Crippen LogP contribution in [0.4, 0.5) is 11.6 Å². The van der Waals surface area contributed by atoms with Crippen molar-refractivity contribution in [3.05, 3.63) is 12.4 Å². The van der Waals surface area contributed by atoms with Crippen LogP contribution in [0.1, 0.15) is 13.8 Å². The lowest BCUT2D eigenvalue weighted by molar-refractivity contribution is 0.170. The molecular formula is C9H16N4O. The van der Waals surface area contributed by atoms with E-state index in [1.54, 1.807) is 6.20 Å². The van der Waals surface area contributed by atoms with E-state index in [1.807, 2.05) is 13.8 Å². The summed E-state index contributed by atoms with van der Waals surface area (Å²) in [6.07, 6.45) is 3.09. The molecule has 0 amide bonds. The second-order valence-corrected chi connectivity index (χ2v) is 4.01. The fourth-order valence-electron chi connectivity index (χ4n) is 0.852. The summed E-state index contributed by atoms with van der Waals surface area (Å²) < 4.78 is 0. The minimum absolute atomic E-state index is 0.121. The van der Waals surface area contributed by atoms with Crippen LogP contribution < -0.4 is 11.1 Å². The Kier molecular flexibility index (Phi) is 3.24. The van der Waals surface area contributed by atoms with Crippen LogP contribution in [0.3, 0.4) is 0 Å². The molecule has 4 N–H and O–H groups in total. The van der Waals surface area contributed by atoms with Crippen molar-refractivity contribution in [2.75, 3.05) is 24.2 Å². The highest BCUT2D eigenvalue weighted by atomic mass is 16.3. The van der Waals surface area contributed by atoms with Gasteiger partial charge in [0.15, 0.2) is 0 Å². The number of nitrogens with one attached hydrogen (secondary N) is 1. The highest BCUT2D eigenvalue weighted by Gasteiger charge is 2.15. The second-order valence-electron chi connectivity index (χ2n) is 4.01. The molecule has 1 heterocycles. The summed E-state index contributed by atoms with van der Waals surface area (Å²) in [5.74, 6) is 1.02. The number of rotatable bonds is 4. The quantitative estimate of drug-likeness (QED) is 0.652. The standard InChI is InChI=1S/C9H16N4O/c1-9(2,6-14)5-12-8-4-11-3-7(10)13-8/h3-4,14H,5-6H2,1-2H3,(H3,10,12,13). The summed E-state index contributed by atoms with van der Waals surface area (Å²) >= 11 is 0. The molecule has 0 aliphatic rings. The number of hydrogen-bond acceptors (Lipinski definition) is 5. The van der Waals surface area contributed by atoms with Gasteiger partial charge in [0.05, 0.1) is 12.4 Å². The summed E-state index contributed by atoms with van der Waals surface area (Å²) in [4.78, 5) is 7.93. The molecule has 5 heteroatoms. The summed E-state index contributed by atoms with van der Waals surface area (Å²) in [5, 5.41) is 12.1. The number of aliphatic hydroxyl groups is 1. The Morgan fingerprint density at radius 1 is 1.50 bits per heavy atom. The average molecular weight is 196 g/mol. The number of nitrogen functional groups attached to an aromatic ring is 1. The summed E-state index contributed by atoms with van der Waals surface area (Å²) in [6.45, 7) is 4.66. The van der Waals surface area contributed by atoms with E-state index in [1.165, 1.54) is 6.20 Å². The van der Waals surface area contributed by atoms with Crippen LogP contribution in [-0.2, 0) is 0 Å². The lowest BCUT2D eigenvalue weighted by Crippen LogP contribution is -2.27. The van der Waals surface area contributed by atoms with Crippen LogP contribution in [0, 0.1) is 5.41 Å². The predicted octanol–water partition coefficient (Wildman–Crippen LogP) is 0.489. The van der Waals surface area contributed by atoms with E-state index in [4.69, 9.17) is 10.8 Å². The average Bonchev–Trinajstić information content (AvgIpc) is 2.15. The van der Waals surface area contributed by atoms with Gasteiger partial charge in [-0.25, -0.2) is 4.98 Å². The maximum atomic E-state index is 9.03. The molecule has 0 aliphatic carbocycles. The second kappa shape index (κ2) is 4.23. The number of hydrogen-bond donors (Lipinski definition) is 3. The number of aromatic nitrogens is 2. The third-order valence-corrected chi connectivity index (χ3v) is 1.83. The highest BCUT2D eigenvalue weighted by molar-refractivity contribution is 5.38. The van der Waals surface area contributed by atoms with Gasteiger partial charge in [0.25, 0.3) is 0 Å². The Morgan fingerprint density at radius 3 is 2.79 bits per heavy atom. The van der Waals surface area contributed by atoms with Gasteiger partial charge in [-0.05, 0) is 0 Å². The molecule has 0 saturated heterocycles. The molecule has 14 heavy (non-hydrogen) atoms. The zero-order chi connectivity index (χ0) is 10.6. The molecule has 5 nitrogen and oxygen atoms in total. The third-order valence-electron chi connectivity index (χ3n) is 1.83. The Hall–Kier alpha value is -1.36. The van der Waals surface area contributed by atoms with Crippen molar-refractivity contribution in [3.63, 3.8) is 0 Å². The van der Waals surface area contributed by atoms with Gasteiger partial charge in [-0.3, -0.25) is 4.98 Å². The SMILES string of the molecule is CC(C)(CO)CNc1cncc(N)n1. The molecule has 0 atom stereocenters. The first-order valence-corrected chi connectivity index (χ1v) is 4.46. The molecule has 1 aromatic heterocycles. The van der Waals surface area contributed by atoms with E-state index in [0.717, 1.165) is 0 Å². The van der Waals surface area contributed by atoms with Crippen molar-refractivity contribution in [2.24, 2.45) is 5.41 Å². The molecule has 0 bridgehead atoms. The molecule has 0 aliphatic heterocycles. The van der Waals surface area contributed by atoms with Gasteiger partial charge in [-0.2, -0.15) is 0 Å². The van der Waals surface area contributed by atoms with Crippen LogP contribution >= 0.6 is 0 Å². The summed E-state index contributed by atoms with van der Waals surface area (Å²) in [6, 6.07) is 0. The Labute approximate surface area is 83.4 Å². The van der Waals surface area contributed by atoms with Crippen LogP contribution in [-0.4, -0.2) is 28.2 Å². The lowest BCUT2D eigenvalue weighted by Gasteiger charge is -2.21. The summed E-state index contributed by atoms with van der Waals surface area (Å²) in [5.41, 5.74) is 5.29. The molecular weight excluding hydrogens is 180 g/mol. The third kappa shape index (κ3) is 3.18. The lowest BCUT2D eigenvalue weighted by atomic mass is 9.95. The molecule has 0 unspecified atom stereocenters. The van der Waals surface area contributed by atoms with Gasteiger partial charge in [0.1, 0.15) is 11.6 Å². The van der Waals surface area contributed by atoms with Gasteiger partial charge in [-0.15, -0.1) is 0 Å². The maximum absolute atomic E-state index is 9.03. The first kappa shape index (κ1) is 10.7. The Bertz CT molecular complexity index is 301. The van der Waals surface area contributed by atoms with E-state index in [9.17, 15) is 0 Å². The van der Waals surface area contributed by atoms with E-state index in [0.29, 0.717) is 18.2 Å². The largest absolute Gasteiger partial charge is 0.396 e. The number of nitrogens with zero attached hydrogens (tertiary/aromatic N) is 2. The zero-order valence-electron chi connectivity index (χ0n) is 8.49. The molecule has 0 radical (unpaired) electrons. The van der Waals surface area contributed by atoms with Crippen molar-refractivity contribution >= 4 is 11.6 Å². The van der Waals surface area contributed by atoms with Crippen molar-refractivity contribution in [1.29, 1.82) is 0 Å². The molecule has 0 aromatic carbocycles. The monoisotopic (exact) mass is 196 g/mol. The van der Waals surface area contributed by atoms with Gasteiger partial charge in [-0.1, -0.05) is 13.8 Å². The van der Waals surface area contributed by atoms with Crippen LogP contribution in [0.5, 0.6) is 0 Å². The predicted molar refractivity (Wildman–Crippen MR) is 55.8 cm³/mol. The zero-order valence-corrected chi connectivity index (χ0v) is 8.49. The van der Waals surface area contributed by atoms with Gasteiger partial charge < -0.3 is 16.2 Å². The van der Waals surface area contributed by atoms with Crippen LogP contribution in [0.2, 0.25) is 0 Å². The van der Waals surface area contributed by atoms with Crippen molar-refractivity contribution < 1.29 is 5.11 Å². The minimum atomic E-state index is -0.174. The summed E-state index contributed by atoms with van der Waals surface area (Å²) in [7, 11) is 0. The van der Waals surface area contributed by atoms with Crippen LogP contribution in [0.15, 0.2) is 12.4 Å². The van der Waals surface area contributed by atoms with Crippen molar-refractivity contribution in [1.82, 2.24) is 9.97 Å². The Balaban J connectivity index is 2.54. The maximum Gasteiger partial charge on any atom is 0.146 e. The van der Waals surface area contributed by atoms with E-state index >= 15 is 0 Å². The Morgan fingerprint density at radius 2 is 2.21 bits per heavy atom.